The van der Waals surface area contributed by atoms with Crippen molar-refractivity contribution in [3.05, 3.63) is 115 Å². The van der Waals surface area contributed by atoms with Gasteiger partial charge in [0, 0.05) is 0 Å². The van der Waals surface area contributed by atoms with Gasteiger partial charge >= 0.3 is 26.2 Å². The van der Waals surface area contributed by atoms with E-state index in [1.807, 2.05) is 0 Å². The molecule has 0 fully saturated rings. The third kappa shape index (κ3) is 4.54. The first-order valence-corrected chi connectivity index (χ1v) is 10.4. The van der Waals surface area contributed by atoms with Crippen molar-refractivity contribution < 1.29 is 51.0 Å². The molecule has 0 bridgehead atoms. The van der Waals surface area contributed by atoms with Gasteiger partial charge in [-0.15, -0.1) is 33.4 Å². The van der Waals surface area contributed by atoms with Gasteiger partial charge in [-0.1, -0.05) is 93.7 Å². The summed E-state index contributed by atoms with van der Waals surface area (Å²) in [5, 5.41) is 5.14. The first-order valence-electron chi connectivity index (χ1n) is 10.4. The second-order valence-electron chi connectivity index (χ2n) is 8.46. The predicted octanol–water partition coefficient (Wildman–Crippen LogP) is -0.324. The van der Waals surface area contributed by atoms with Crippen LogP contribution in [-0.2, 0) is 26.2 Å². The van der Waals surface area contributed by atoms with Crippen molar-refractivity contribution in [3.8, 4) is 0 Å². The molecule has 0 N–H and O–H groups in total. The van der Waals surface area contributed by atoms with Gasteiger partial charge in [-0.2, -0.15) is 0 Å². The van der Waals surface area contributed by atoms with Crippen LogP contribution in [0.15, 0.2) is 66.7 Å². The number of fused-ring (bicyclic) bond motifs is 2. The molecule has 3 aromatic carbocycles. The number of benzene rings is 3. The van der Waals surface area contributed by atoms with Crippen molar-refractivity contribution in [1.82, 2.24) is 0 Å². The van der Waals surface area contributed by atoms with Crippen LogP contribution in [-0.4, -0.2) is 0 Å². The van der Waals surface area contributed by atoms with Gasteiger partial charge in [-0.25, -0.2) is 0 Å². The summed E-state index contributed by atoms with van der Waals surface area (Å²) in [5.41, 5.74) is 10.7. The van der Waals surface area contributed by atoms with Crippen LogP contribution in [0.3, 0.4) is 0 Å². The molecule has 32 heavy (non-hydrogen) atoms. The Balaban J connectivity index is 0.00000121. The summed E-state index contributed by atoms with van der Waals surface area (Å²) in [5.74, 6) is 0. The average Bonchev–Trinajstić information content (AvgIpc) is 3.31. The van der Waals surface area contributed by atoms with Gasteiger partial charge < -0.3 is 24.8 Å². The Morgan fingerprint density at radius 2 is 1.53 bits per heavy atom. The first-order chi connectivity index (χ1) is 14.0. The Morgan fingerprint density at radius 3 is 2.22 bits per heavy atom. The minimum absolute atomic E-state index is 0. The first kappa shape index (κ1) is 26.6. The minimum Gasteiger partial charge on any atom is -1.00 e. The molecule has 0 aliphatic heterocycles. The van der Waals surface area contributed by atoms with Gasteiger partial charge in [0.05, 0.1) is 0 Å². The molecule has 3 aromatic rings. The van der Waals surface area contributed by atoms with Gasteiger partial charge in [0.15, 0.2) is 0 Å². The van der Waals surface area contributed by atoms with E-state index in [9.17, 15) is 0 Å². The van der Waals surface area contributed by atoms with Gasteiger partial charge in [-0.3, -0.25) is 0 Å². The Hall–Kier alpha value is -1.66. The summed E-state index contributed by atoms with van der Waals surface area (Å²) in [6.45, 7) is 8.80. The van der Waals surface area contributed by atoms with Crippen LogP contribution in [0, 0.1) is 24.3 Å². The summed E-state index contributed by atoms with van der Waals surface area (Å²) >= 11 is 0. The molecule has 0 nitrogen and oxygen atoms in total. The monoisotopic (exact) mass is 533 g/mol. The van der Waals surface area contributed by atoms with E-state index < -0.39 is 0 Å². The van der Waals surface area contributed by atoms with E-state index in [1.165, 1.54) is 65.4 Å². The molecule has 2 aliphatic rings. The number of aryl methyl sites for hydroxylation is 2. The Labute approximate surface area is 222 Å². The van der Waals surface area contributed by atoms with E-state index in [4.69, 9.17) is 0 Å². The average molecular weight is 536 g/mol. The van der Waals surface area contributed by atoms with Crippen LogP contribution in [0.4, 0.5) is 0 Å². The molecule has 0 saturated heterocycles. The van der Waals surface area contributed by atoms with Crippen molar-refractivity contribution in [2.75, 3.05) is 0 Å². The Bertz CT molecular complexity index is 1440. The predicted molar refractivity (Wildman–Crippen MR) is 124 cm³/mol. The van der Waals surface area contributed by atoms with Gasteiger partial charge in [0.1, 0.15) is 0 Å². The van der Waals surface area contributed by atoms with Crippen LogP contribution in [0.1, 0.15) is 48.1 Å². The van der Waals surface area contributed by atoms with Crippen LogP contribution in [0.5, 0.6) is 0 Å². The Kier molecular flexibility index (Phi) is 8.74. The molecule has 0 saturated carbocycles. The van der Waals surface area contributed by atoms with E-state index in [1.54, 1.807) is 0 Å². The zero-order valence-corrected chi connectivity index (χ0v) is 22.8. The molecule has 0 spiro atoms. The van der Waals surface area contributed by atoms with Crippen molar-refractivity contribution in [3.63, 3.8) is 0 Å². The maximum atomic E-state index is 3.74. The molecule has 159 valence electrons. The number of hydrogen-bond acceptors (Lipinski definition) is 0. The van der Waals surface area contributed by atoms with Crippen molar-refractivity contribution in [1.29, 1.82) is 0 Å². The Morgan fingerprint density at radius 1 is 0.844 bits per heavy atom. The molecule has 0 aromatic heterocycles. The van der Waals surface area contributed by atoms with Crippen molar-refractivity contribution in [2.24, 2.45) is 0 Å². The summed E-state index contributed by atoms with van der Waals surface area (Å²) in [7, 11) is 0. The quantitative estimate of drug-likeness (QED) is 0.309. The summed E-state index contributed by atoms with van der Waals surface area (Å²) < 4.78 is 0. The van der Waals surface area contributed by atoms with Crippen LogP contribution in [0.2, 0.25) is 0 Å². The van der Waals surface area contributed by atoms with Crippen molar-refractivity contribution >= 4 is 22.8 Å². The molecule has 0 amide bonds. The van der Waals surface area contributed by atoms with Gasteiger partial charge in [-0.05, 0) is 45.3 Å². The maximum Gasteiger partial charge on any atom is 3.00 e. The largest absolute Gasteiger partial charge is 3.00 e. The molecular formula is C29H25Cl2Zr. The molecule has 1 radical (unpaired) electrons. The normalized spacial score (nSPS) is 12.8. The standard InChI is InChI=1S/C29H25.2ClH.Zr/c1-18(2)23-12-13-26-24-9-6-5-8-21(24)17-28(26)29(23)27-11-7-10-25(27)22-15-19(3)14-20(4)16-22;;;/h5-10,12-16H,11H2,1-4H3;2*1H;/q-1;;;+3/p-2. The van der Waals surface area contributed by atoms with Crippen LogP contribution < -0.4 is 35.3 Å². The van der Waals surface area contributed by atoms with Crippen LogP contribution >= 0.6 is 0 Å². The second kappa shape index (κ2) is 10.5. The third-order valence-electron chi connectivity index (χ3n) is 5.99. The molecular weight excluding hydrogens is 510 g/mol. The molecule has 0 heterocycles. The smallest absolute Gasteiger partial charge is 1.00 e. The van der Waals surface area contributed by atoms with Crippen molar-refractivity contribution in [2.45, 2.75) is 34.1 Å². The summed E-state index contributed by atoms with van der Waals surface area (Å²) in [6.07, 6.45) is 9.32. The van der Waals surface area contributed by atoms with E-state index in [0.717, 1.165) is 6.42 Å². The van der Waals surface area contributed by atoms with Gasteiger partial charge in [0.2, 0.25) is 0 Å². The molecule has 2 aliphatic carbocycles. The summed E-state index contributed by atoms with van der Waals surface area (Å²) in [6, 6.07) is 20.1. The fraction of sp³-hybridized carbons (Fsp3) is 0.172. The fourth-order valence-corrected chi connectivity index (χ4v) is 4.79. The van der Waals surface area contributed by atoms with E-state index >= 15 is 0 Å². The topological polar surface area (TPSA) is 0 Å². The summed E-state index contributed by atoms with van der Waals surface area (Å²) in [4.78, 5) is 0. The second-order valence-corrected chi connectivity index (χ2v) is 8.46. The van der Waals surface area contributed by atoms with E-state index in [-0.39, 0.29) is 51.0 Å². The number of rotatable bonds is 2. The van der Waals surface area contributed by atoms with Crippen LogP contribution in [0.25, 0.3) is 22.8 Å². The minimum atomic E-state index is 0. The third-order valence-corrected chi connectivity index (χ3v) is 5.99. The maximum absolute atomic E-state index is 3.74. The SMILES string of the molecule is CC(C)=c1ccc2c(c1C1=C(c3cc(C)cc(C)c3)C=CC1)[C-]=c1ccccc1=2.[Cl-].[Cl-].[Zr+3]. The van der Waals surface area contributed by atoms with Gasteiger partial charge in [0.25, 0.3) is 0 Å². The number of halogens is 2. The van der Waals surface area contributed by atoms with E-state index in [2.05, 4.69) is 101 Å². The number of allylic oxidation sites excluding steroid dienone is 4. The molecule has 5 rings (SSSR count). The zero-order chi connectivity index (χ0) is 20.1. The zero-order valence-electron chi connectivity index (χ0n) is 18.8. The molecule has 0 unspecified atom stereocenters. The molecule has 0 atom stereocenters. The molecule has 3 heteroatoms. The fourth-order valence-electron chi connectivity index (χ4n) is 4.79. The number of hydrogen-bond donors (Lipinski definition) is 0. The van der Waals surface area contributed by atoms with E-state index in [0.29, 0.717) is 0 Å².